The first-order valence-corrected chi connectivity index (χ1v) is 10.8. The van der Waals surface area contributed by atoms with Crippen LogP contribution in [0.4, 0.5) is 5.82 Å². The number of piperidine rings is 1. The standard InChI is InChI=1S/C22H27BrN4O3/c1-26(2)13-14-30-19-6-4-3-5-18(19)22(29)27-11-9-16(10-12-27)21(28)25-20-8-7-17(23)15-24-20/h3-8,15-16H,9-14H2,1-2H3,(H,24,25,28). The summed E-state index contributed by atoms with van der Waals surface area (Å²) >= 11 is 3.33. The molecule has 1 N–H and O–H groups in total. The van der Waals surface area contributed by atoms with E-state index in [1.54, 1.807) is 23.2 Å². The van der Waals surface area contributed by atoms with Gasteiger partial charge in [0, 0.05) is 36.2 Å². The van der Waals surface area contributed by atoms with E-state index in [9.17, 15) is 9.59 Å². The lowest BCUT2D eigenvalue weighted by Gasteiger charge is -2.31. The topological polar surface area (TPSA) is 74.8 Å². The molecule has 2 amide bonds. The molecule has 0 atom stereocenters. The number of nitrogens with zero attached hydrogens (tertiary/aromatic N) is 3. The van der Waals surface area contributed by atoms with Gasteiger partial charge in [0.1, 0.15) is 18.2 Å². The molecule has 1 aliphatic rings. The molecule has 160 valence electrons. The third-order valence-electron chi connectivity index (χ3n) is 5.05. The smallest absolute Gasteiger partial charge is 0.257 e. The number of pyridine rings is 1. The molecule has 0 radical (unpaired) electrons. The van der Waals surface area contributed by atoms with Crippen LogP contribution in [-0.2, 0) is 4.79 Å². The second-order valence-electron chi connectivity index (χ2n) is 7.57. The normalized spacial score (nSPS) is 14.6. The van der Waals surface area contributed by atoms with Crippen LogP contribution in [0.15, 0.2) is 47.1 Å². The van der Waals surface area contributed by atoms with Gasteiger partial charge in [-0.05, 0) is 67.1 Å². The summed E-state index contributed by atoms with van der Waals surface area (Å²) in [5, 5.41) is 2.86. The molecular weight excluding hydrogens is 448 g/mol. The highest BCUT2D eigenvalue weighted by atomic mass is 79.9. The summed E-state index contributed by atoms with van der Waals surface area (Å²) in [6.07, 6.45) is 2.89. The summed E-state index contributed by atoms with van der Waals surface area (Å²) in [5.41, 5.74) is 0.568. The molecule has 0 aliphatic carbocycles. The minimum Gasteiger partial charge on any atom is -0.491 e. The molecule has 2 heterocycles. The SMILES string of the molecule is CN(C)CCOc1ccccc1C(=O)N1CCC(C(=O)Nc2ccc(Br)cn2)CC1. The molecule has 0 spiro atoms. The maximum atomic E-state index is 13.0. The summed E-state index contributed by atoms with van der Waals surface area (Å²) < 4.78 is 6.69. The number of carbonyl (C=O) groups is 2. The summed E-state index contributed by atoms with van der Waals surface area (Å²) in [4.78, 5) is 33.6. The Kier molecular flexibility index (Phi) is 7.81. The first kappa shape index (κ1) is 22.2. The highest BCUT2D eigenvalue weighted by molar-refractivity contribution is 9.10. The van der Waals surface area contributed by atoms with E-state index in [1.807, 2.05) is 43.3 Å². The number of carbonyl (C=O) groups excluding carboxylic acids is 2. The van der Waals surface area contributed by atoms with Gasteiger partial charge in [0.05, 0.1) is 5.56 Å². The van der Waals surface area contributed by atoms with Crippen molar-refractivity contribution in [1.29, 1.82) is 0 Å². The molecule has 0 saturated carbocycles. The largest absolute Gasteiger partial charge is 0.491 e. The van der Waals surface area contributed by atoms with E-state index in [0.29, 0.717) is 49.7 Å². The highest BCUT2D eigenvalue weighted by Gasteiger charge is 2.29. The average molecular weight is 475 g/mol. The fourth-order valence-electron chi connectivity index (χ4n) is 3.30. The van der Waals surface area contributed by atoms with Crippen molar-refractivity contribution >= 4 is 33.6 Å². The molecule has 1 saturated heterocycles. The van der Waals surface area contributed by atoms with E-state index in [4.69, 9.17) is 4.74 Å². The monoisotopic (exact) mass is 474 g/mol. The van der Waals surface area contributed by atoms with Crippen molar-refractivity contribution in [3.05, 3.63) is 52.6 Å². The number of halogens is 1. The zero-order valence-electron chi connectivity index (χ0n) is 17.3. The van der Waals surface area contributed by atoms with E-state index in [-0.39, 0.29) is 17.7 Å². The van der Waals surface area contributed by atoms with Crippen molar-refractivity contribution in [2.75, 3.05) is 45.7 Å². The summed E-state index contributed by atoms with van der Waals surface area (Å²) in [5.74, 6) is 0.898. The third-order valence-corrected chi connectivity index (χ3v) is 5.51. The minimum absolute atomic E-state index is 0.0515. The molecule has 8 heteroatoms. The number of amides is 2. The van der Waals surface area contributed by atoms with Crippen LogP contribution in [0.5, 0.6) is 5.75 Å². The fourth-order valence-corrected chi connectivity index (χ4v) is 3.54. The number of likely N-dealkylation sites (tertiary alicyclic amines) is 1. The van der Waals surface area contributed by atoms with Crippen LogP contribution < -0.4 is 10.1 Å². The van der Waals surface area contributed by atoms with Gasteiger partial charge >= 0.3 is 0 Å². The number of aromatic nitrogens is 1. The quantitative estimate of drug-likeness (QED) is 0.666. The number of hydrogen-bond acceptors (Lipinski definition) is 5. The van der Waals surface area contributed by atoms with Crippen molar-refractivity contribution in [3.8, 4) is 5.75 Å². The molecule has 0 bridgehead atoms. The number of anilines is 1. The summed E-state index contributed by atoms with van der Waals surface area (Å²) in [6, 6.07) is 10.9. The van der Waals surface area contributed by atoms with Crippen LogP contribution in [0.3, 0.4) is 0 Å². The van der Waals surface area contributed by atoms with Gasteiger partial charge in [-0.3, -0.25) is 9.59 Å². The number of nitrogens with one attached hydrogen (secondary N) is 1. The van der Waals surface area contributed by atoms with Gasteiger partial charge < -0.3 is 19.9 Å². The Morgan fingerprint density at radius 3 is 2.60 bits per heavy atom. The van der Waals surface area contributed by atoms with E-state index in [1.165, 1.54) is 0 Å². The lowest BCUT2D eigenvalue weighted by Crippen LogP contribution is -2.41. The Hall–Kier alpha value is -2.45. The molecule has 0 unspecified atom stereocenters. The fraction of sp³-hybridized carbons (Fsp3) is 0.409. The zero-order chi connectivity index (χ0) is 21.5. The number of para-hydroxylation sites is 1. The van der Waals surface area contributed by atoms with Crippen LogP contribution in [0.1, 0.15) is 23.2 Å². The molecule has 7 nitrogen and oxygen atoms in total. The summed E-state index contributed by atoms with van der Waals surface area (Å²) in [7, 11) is 3.96. The minimum atomic E-state index is -0.133. The highest BCUT2D eigenvalue weighted by Crippen LogP contribution is 2.24. The van der Waals surface area contributed by atoms with Gasteiger partial charge in [-0.1, -0.05) is 12.1 Å². The predicted molar refractivity (Wildman–Crippen MR) is 120 cm³/mol. The van der Waals surface area contributed by atoms with E-state index in [0.717, 1.165) is 11.0 Å². The number of ether oxygens (including phenoxy) is 1. The van der Waals surface area contributed by atoms with Crippen LogP contribution in [0, 0.1) is 5.92 Å². The second kappa shape index (κ2) is 10.5. The van der Waals surface area contributed by atoms with E-state index < -0.39 is 0 Å². The van der Waals surface area contributed by atoms with Crippen molar-refractivity contribution in [2.24, 2.45) is 5.92 Å². The van der Waals surface area contributed by atoms with Gasteiger partial charge in [-0.25, -0.2) is 4.98 Å². The number of hydrogen-bond donors (Lipinski definition) is 1. The first-order chi connectivity index (χ1) is 14.4. The first-order valence-electron chi connectivity index (χ1n) is 10.0. The van der Waals surface area contributed by atoms with Gasteiger partial charge in [0.2, 0.25) is 5.91 Å². The molecular formula is C22H27BrN4O3. The van der Waals surface area contributed by atoms with E-state index >= 15 is 0 Å². The Morgan fingerprint density at radius 1 is 1.20 bits per heavy atom. The number of likely N-dealkylation sites (N-methyl/N-ethyl adjacent to an activating group) is 1. The number of benzene rings is 1. The third kappa shape index (κ3) is 6.03. The Balaban J connectivity index is 1.55. The van der Waals surface area contributed by atoms with E-state index in [2.05, 4.69) is 26.2 Å². The van der Waals surface area contributed by atoms with Crippen LogP contribution in [0.25, 0.3) is 0 Å². The van der Waals surface area contributed by atoms with Gasteiger partial charge in [-0.15, -0.1) is 0 Å². The van der Waals surface area contributed by atoms with Crippen LogP contribution in [0.2, 0.25) is 0 Å². The second-order valence-corrected chi connectivity index (χ2v) is 8.48. The Bertz CT molecular complexity index is 865. The lowest BCUT2D eigenvalue weighted by atomic mass is 9.95. The van der Waals surface area contributed by atoms with Crippen LogP contribution in [-0.4, -0.2) is 66.9 Å². The molecule has 1 aromatic heterocycles. The lowest BCUT2D eigenvalue weighted by molar-refractivity contribution is -0.121. The number of rotatable bonds is 7. The summed E-state index contributed by atoms with van der Waals surface area (Å²) in [6.45, 7) is 2.37. The molecule has 1 aromatic carbocycles. The van der Waals surface area contributed by atoms with Crippen molar-refractivity contribution in [2.45, 2.75) is 12.8 Å². The molecule has 1 aliphatic heterocycles. The van der Waals surface area contributed by atoms with Crippen molar-refractivity contribution in [1.82, 2.24) is 14.8 Å². The van der Waals surface area contributed by atoms with Gasteiger partial charge in [0.25, 0.3) is 5.91 Å². The zero-order valence-corrected chi connectivity index (χ0v) is 18.9. The van der Waals surface area contributed by atoms with Crippen molar-refractivity contribution < 1.29 is 14.3 Å². The maximum absolute atomic E-state index is 13.0. The maximum Gasteiger partial charge on any atom is 0.257 e. The molecule has 1 fully saturated rings. The Morgan fingerprint density at radius 2 is 1.93 bits per heavy atom. The van der Waals surface area contributed by atoms with Gasteiger partial charge in [0.15, 0.2) is 0 Å². The molecule has 2 aromatic rings. The molecule has 30 heavy (non-hydrogen) atoms. The predicted octanol–water partition coefficient (Wildman–Crippen LogP) is 3.28. The van der Waals surface area contributed by atoms with Crippen LogP contribution >= 0.6 is 15.9 Å². The van der Waals surface area contributed by atoms with Gasteiger partial charge in [-0.2, -0.15) is 0 Å². The Labute approximate surface area is 185 Å². The average Bonchev–Trinajstić information content (AvgIpc) is 2.75. The van der Waals surface area contributed by atoms with Crippen molar-refractivity contribution in [3.63, 3.8) is 0 Å². The molecule has 3 rings (SSSR count).